The molecule has 140 valence electrons. The molecule has 0 saturated carbocycles. The summed E-state index contributed by atoms with van der Waals surface area (Å²) >= 11 is 0. The van der Waals surface area contributed by atoms with Crippen LogP contribution in [0.2, 0.25) is 0 Å². The molecule has 1 amide bonds. The number of carbonyl (C=O) groups excluding carboxylic acids is 1. The first-order valence-corrected chi connectivity index (χ1v) is 8.01. The molecule has 28 heavy (non-hydrogen) atoms. The molecule has 0 spiro atoms. The fraction of sp³-hybridized carbons (Fsp3) is 0.0556. The molecule has 0 radical (unpaired) electrons. The van der Waals surface area contributed by atoms with E-state index in [2.05, 4.69) is 25.4 Å². The summed E-state index contributed by atoms with van der Waals surface area (Å²) in [5.74, 6) is -0.255. The van der Waals surface area contributed by atoms with Crippen molar-refractivity contribution in [3.05, 3.63) is 72.4 Å². The van der Waals surface area contributed by atoms with Crippen LogP contribution in [0.3, 0.4) is 0 Å². The van der Waals surface area contributed by atoms with Gasteiger partial charge in [0.2, 0.25) is 0 Å². The number of nitrogens with zero attached hydrogens (tertiary/aromatic N) is 5. The molecule has 3 heterocycles. The van der Waals surface area contributed by atoms with Crippen molar-refractivity contribution in [2.45, 2.75) is 6.18 Å². The first-order valence-electron chi connectivity index (χ1n) is 8.01. The van der Waals surface area contributed by atoms with Crippen LogP contribution in [0, 0.1) is 0 Å². The average molecular weight is 384 g/mol. The van der Waals surface area contributed by atoms with Crippen molar-refractivity contribution >= 4 is 17.4 Å². The fourth-order valence-corrected chi connectivity index (χ4v) is 2.61. The van der Waals surface area contributed by atoms with Crippen LogP contribution in [-0.4, -0.2) is 30.5 Å². The number of hydrogen-bond acceptors (Lipinski definition) is 5. The molecule has 0 bridgehead atoms. The van der Waals surface area contributed by atoms with Crippen molar-refractivity contribution in [1.82, 2.24) is 24.6 Å². The van der Waals surface area contributed by atoms with Crippen LogP contribution in [0.25, 0.3) is 16.9 Å². The number of benzene rings is 1. The Morgan fingerprint density at radius 1 is 1.04 bits per heavy atom. The van der Waals surface area contributed by atoms with Crippen molar-refractivity contribution in [3.63, 3.8) is 0 Å². The number of nitrogens with one attached hydrogen (secondary N) is 1. The molecule has 1 aromatic carbocycles. The van der Waals surface area contributed by atoms with Gasteiger partial charge in [-0.3, -0.25) is 9.78 Å². The van der Waals surface area contributed by atoms with Crippen LogP contribution in [0.5, 0.6) is 0 Å². The van der Waals surface area contributed by atoms with Gasteiger partial charge in [-0.2, -0.15) is 18.3 Å². The first kappa shape index (κ1) is 17.6. The standard InChI is InChI=1S/C18H11F3N6O/c19-18(20,21)12-3-1-2-11(8-12)13-9-16-24-5-4-14(27(16)26-13)17(28)25-15-10-22-6-7-23-15/h1-10H,(H,23,25,28). The highest BCUT2D eigenvalue weighted by atomic mass is 19.4. The topological polar surface area (TPSA) is 85.1 Å². The van der Waals surface area contributed by atoms with Crippen molar-refractivity contribution < 1.29 is 18.0 Å². The zero-order valence-electron chi connectivity index (χ0n) is 14.1. The van der Waals surface area contributed by atoms with Gasteiger partial charge in [-0.05, 0) is 18.2 Å². The maximum atomic E-state index is 13.0. The van der Waals surface area contributed by atoms with E-state index in [1.54, 1.807) is 0 Å². The maximum Gasteiger partial charge on any atom is 0.416 e. The number of amides is 1. The summed E-state index contributed by atoms with van der Waals surface area (Å²) in [4.78, 5) is 24.5. The molecule has 0 saturated heterocycles. The highest BCUT2D eigenvalue weighted by molar-refractivity contribution is 6.02. The Balaban J connectivity index is 1.73. The Morgan fingerprint density at radius 2 is 1.89 bits per heavy atom. The van der Waals surface area contributed by atoms with Gasteiger partial charge in [-0.1, -0.05) is 12.1 Å². The summed E-state index contributed by atoms with van der Waals surface area (Å²) in [5, 5.41) is 6.84. The lowest BCUT2D eigenvalue weighted by atomic mass is 10.1. The molecule has 4 aromatic rings. The Hall–Kier alpha value is -3.82. The van der Waals surface area contributed by atoms with Gasteiger partial charge in [0, 0.05) is 30.2 Å². The molecule has 10 heteroatoms. The van der Waals surface area contributed by atoms with Gasteiger partial charge in [-0.25, -0.2) is 14.5 Å². The van der Waals surface area contributed by atoms with E-state index in [1.165, 1.54) is 53.6 Å². The fourth-order valence-electron chi connectivity index (χ4n) is 2.61. The van der Waals surface area contributed by atoms with Gasteiger partial charge < -0.3 is 5.32 Å². The van der Waals surface area contributed by atoms with E-state index in [4.69, 9.17) is 0 Å². The van der Waals surface area contributed by atoms with E-state index in [1.807, 2.05) is 0 Å². The predicted octanol–water partition coefficient (Wildman–Crippen LogP) is 3.46. The first-order chi connectivity index (χ1) is 13.4. The minimum atomic E-state index is -4.46. The lowest BCUT2D eigenvalue weighted by Crippen LogP contribution is -2.17. The highest BCUT2D eigenvalue weighted by Crippen LogP contribution is 2.32. The Labute approximate surface area is 155 Å². The number of aromatic nitrogens is 5. The predicted molar refractivity (Wildman–Crippen MR) is 93.4 cm³/mol. The minimum Gasteiger partial charge on any atom is -0.304 e. The van der Waals surface area contributed by atoms with E-state index in [9.17, 15) is 18.0 Å². The van der Waals surface area contributed by atoms with Crippen LogP contribution in [0.15, 0.2) is 61.2 Å². The van der Waals surface area contributed by atoms with E-state index >= 15 is 0 Å². The van der Waals surface area contributed by atoms with Crippen molar-refractivity contribution in [2.75, 3.05) is 5.32 Å². The van der Waals surface area contributed by atoms with E-state index < -0.39 is 17.6 Å². The van der Waals surface area contributed by atoms with Crippen molar-refractivity contribution in [3.8, 4) is 11.3 Å². The molecule has 0 aliphatic carbocycles. The normalized spacial score (nSPS) is 11.5. The van der Waals surface area contributed by atoms with E-state index in [0.717, 1.165) is 12.1 Å². The molecule has 1 N–H and O–H groups in total. The second-order valence-electron chi connectivity index (χ2n) is 5.75. The molecular weight excluding hydrogens is 373 g/mol. The number of carbonyl (C=O) groups is 1. The molecule has 0 atom stereocenters. The summed E-state index contributed by atoms with van der Waals surface area (Å²) in [5.41, 5.74) is 0.211. The Bertz CT molecular complexity index is 1160. The van der Waals surface area contributed by atoms with Gasteiger partial charge in [0.25, 0.3) is 5.91 Å². The average Bonchev–Trinajstić information content (AvgIpc) is 3.12. The number of hydrogen-bond donors (Lipinski definition) is 1. The van der Waals surface area contributed by atoms with Gasteiger partial charge in [0.15, 0.2) is 11.5 Å². The lowest BCUT2D eigenvalue weighted by molar-refractivity contribution is -0.137. The molecule has 4 rings (SSSR count). The lowest BCUT2D eigenvalue weighted by Gasteiger charge is -2.07. The van der Waals surface area contributed by atoms with Crippen LogP contribution in [0.4, 0.5) is 19.0 Å². The molecule has 0 aliphatic rings. The summed E-state index contributed by atoms with van der Waals surface area (Å²) in [6, 6.07) is 7.75. The second kappa shape index (κ2) is 6.72. The van der Waals surface area contributed by atoms with Gasteiger partial charge >= 0.3 is 6.18 Å². The molecule has 0 fully saturated rings. The van der Waals surface area contributed by atoms with E-state index in [-0.39, 0.29) is 22.8 Å². The molecule has 7 nitrogen and oxygen atoms in total. The summed E-state index contributed by atoms with van der Waals surface area (Å²) < 4.78 is 40.2. The third-order valence-electron chi connectivity index (χ3n) is 3.88. The van der Waals surface area contributed by atoms with Crippen molar-refractivity contribution in [1.29, 1.82) is 0 Å². The Kier molecular flexibility index (Phi) is 4.22. The maximum absolute atomic E-state index is 13.0. The highest BCUT2D eigenvalue weighted by Gasteiger charge is 2.30. The summed E-state index contributed by atoms with van der Waals surface area (Å²) in [6.45, 7) is 0. The van der Waals surface area contributed by atoms with Gasteiger partial charge in [-0.15, -0.1) is 0 Å². The SMILES string of the molecule is O=C(Nc1cnccn1)c1ccnc2cc(-c3cccc(C(F)(F)F)c3)nn12. The number of anilines is 1. The van der Waals surface area contributed by atoms with E-state index in [0.29, 0.717) is 5.65 Å². The number of alkyl halides is 3. The zero-order chi connectivity index (χ0) is 19.7. The van der Waals surface area contributed by atoms with Crippen molar-refractivity contribution in [2.24, 2.45) is 0 Å². The number of rotatable bonds is 3. The monoisotopic (exact) mass is 384 g/mol. The second-order valence-corrected chi connectivity index (χ2v) is 5.75. The van der Waals surface area contributed by atoms with Gasteiger partial charge in [0.1, 0.15) is 5.69 Å². The molecule has 3 aromatic heterocycles. The Morgan fingerprint density at radius 3 is 2.64 bits per heavy atom. The minimum absolute atomic E-state index is 0.147. The molecular formula is C18H11F3N6O. The largest absolute Gasteiger partial charge is 0.416 e. The van der Waals surface area contributed by atoms with Crippen LogP contribution >= 0.6 is 0 Å². The quantitative estimate of drug-likeness (QED) is 0.585. The van der Waals surface area contributed by atoms with Crippen LogP contribution in [0.1, 0.15) is 16.1 Å². The van der Waals surface area contributed by atoms with Crippen LogP contribution < -0.4 is 5.32 Å². The summed E-state index contributed by atoms with van der Waals surface area (Å²) in [7, 11) is 0. The molecule has 0 aliphatic heterocycles. The molecule has 0 unspecified atom stereocenters. The number of fused-ring (bicyclic) bond motifs is 1. The number of halogens is 3. The zero-order valence-corrected chi connectivity index (χ0v) is 14.1. The third-order valence-corrected chi connectivity index (χ3v) is 3.88. The third kappa shape index (κ3) is 3.39. The summed E-state index contributed by atoms with van der Waals surface area (Å²) in [6.07, 6.45) is 1.23. The van der Waals surface area contributed by atoms with Crippen LogP contribution in [-0.2, 0) is 6.18 Å². The van der Waals surface area contributed by atoms with Gasteiger partial charge in [0.05, 0.1) is 17.5 Å². The smallest absolute Gasteiger partial charge is 0.304 e.